The van der Waals surface area contributed by atoms with E-state index in [9.17, 15) is 19.2 Å². The number of carbonyl (C=O) groups is 4. The van der Waals surface area contributed by atoms with E-state index >= 15 is 0 Å². The van der Waals surface area contributed by atoms with E-state index in [0.717, 1.165) is 0 Å². The number of hydrogen-bond acceptors (Lipinski definition) is 11. The molecule has 8 N–H and O–H groups in total. The van der Waals surface area contributed by atoms with Crippen molar-refractivity contribution in [3.8, 4) is 0 Å². The maximum absolute atomic E-state index is 11.4. The molecular weight excluding hydrogens is 348 g/mol. The predicted molar refractivity (Wildman–Crippen MR) is 83.8 cm³/mol. The second kappa shape index (κ2) is 15.3. The molecule has 130 valence electrons. The Bertz CT molecular complexity index is 437. The number of rotatable bonds is 8. The van der Waals surface area contributed by atoms with Gasteiger partial charge < -0.3 is 36.9 Å². The van der Waals surface area contributed by atoms with E-state index in [1.54, 1.807) is 0 Å². The van der Waals surface area contributed by atoms with Crippen LogP contribution in [0.5, 0.6) is 0 Å². The molecule has 11 nitrogen and oxygen atoms in total. The van der Waals surface area contributed by atoms with Crippen molar-refractivity contribution in [2.24, 2.45) is 17.2 Å². The summed E-state index contributed by atoms with van der Waals surface area (Å²) in [6.45, 7) is -1.40. The number of ether oxygens (including phenoxy) is 2. The molecule has 0 aromatic carbocycles. The first kappa shape index (κ1) is 28.9. The van der Waals surface area contributed by atoms with E-state index in [1.165, 1.54) is 0 Å². The van der Waals surface area contributed by atoms with Crippen LogP contribution in [0.4, 0.5) is 0 Å². The molecule has 13 heteroatoms. The average molecular weight is 369 g/mol. The van der Waals surface area contributed by atoms with Gasteiger partial charge in [-0.3, -0.25) is 4.79 Å². The first-order valence-corrected chi connectivity index (χ1v) is 6.21. The van der Waals surface area contributed by atoms with Gasteiger partial charge in [0, 0.05) is 6.42 Å². The van der Waals surface area contributed by atoms with Crippen molar-refractivity contribution in [1.82, 2.24) is 0 Å². The van der Waals surface area contributed by atoms with Crippen molar-refractivity contribution in [2.75, 3.05) is 13.2 Å². The van der Waals surface area contributed by atoms with Crippen LogP contribution in [0.2, 0.25) is 0 Å². The van der Waals surface area contributed by atoms with Gasteiger partial charge >= 0.3 is 83.0 Å². The molecule has 0 bridgehead atoms. The molecule has 24 heavy (non-hydrogen) atoms. The van der Waals surface area contributed by atoms with Gasteiger partial charge in [-0.05, 0) is 6.42 Å². The Hall–Kier alpha value is 0.0800. The molecule has 0 fully saturated rings. The quantitative estimate of drug-likeness (QED) is 0.155. The van der Waals surface area contributed by atoms with Gasteiger partial charge in [0.05, 0.1) is 13.2 Å². The molecule has 0 saturated carbocycles. The third kappa shape index (κ3) is 11.6. The number of aliphatic hydroxyl groups is 2. The van der Waals surface area contributed by atoms with Crippen molar-refractivity contribution < 1.29 is 38.9 Å². The SMILES string of the molecule is N[C@@H](CO)C(=O)OC(=O)CC[C@H](N)C(=O)OC(=O)[C@@H](N)CO.[NaH].[NaH]. The van der Waals surface area contributed by atoms with Crippen LogP contribution in [0.15, 0.2) is 0 Å². The monoisotopic (exact) mass is 369 g/mol. The molecule has 0 aromatic rings. The zero-order valence-corrected chi connectivity index (χ0v) is 11.6. The fourth-order valence-electron chi connectivity index (χ4n) is 1.03. The number of hydrogen-bond donors (Lipinski definition) is 5. The summed E-state index contributed by atoms with van der Waals surface area (Å²) < 4.78 is 8.55. The van der Waals surface area contributed by atoms with E-state index in [0.29, 0.717) is 0 Å². The third-order valence-electron chi connectivity index (χ3n) is 2.38. The van der Waals surface area contributed by atoms with Gasteiger partial charge in [0.25, 0.3) is 0 Å². The molecule has 0 aromatic heterocycles. The summed E-state index contributed by atoms with van der Waals surface area (Å²) in [5.74, 6) is -4.42. The molecule has 0 heterocycles. The average Bonchev–Trinajstić information content (AvgIpc) is 2.50. The van der Waals surface area contributed by atoms with E-state index in [4.69, 9.17) is 27.4 Å². The van der Waals surface area contributed by atoms with E-state index < -0.39 is 61.6 Å². The molecule has 3 atom stereocenters. The molecular formula is C11H21N3Na2O8. The molecule has 0 rings (SSSR count). The van der Waals surface area contributed by atoms with Crippen LogP contribution >= 0.6 is 0 Å². The third-order valence-corrected chi connectivity index (χ3v) is 2.38. The molecule has 0 radical (unpaired) electrons. The van der Waals surface area contributed by atoms with E-state index in [1.807, 2.05) is 0 Å². The number of nitrogens with two attached hydrogens (primary N) is 3. The van der Waals surface area contributed by atoms with Crippen molar-refractivity contribution in [3.63, 3.8) is 0 Å². The normalized spacial score (nSPS) is 13.4. The zero-order chi connectivity index (χ0) is 17.3. The van der Waals surface area contributed by atoms with Crippen LogP contribution < -0.4 is 17.2 Å². The summed E-state index contributed by atoms with van der Waals surface area (Å²) >= 11 is 0. The number of aliphatic hydroxyl groups excluding tert-OH is 2. The Morgan fingerprint density at radius 3 is 1.54 bits per heavy atom. The van der Waals surface area contributed by atoms with Gasteiger partial charge in [0.2, 0.25) is 0 Å². The standard InChI is InChI=1S/C11H19N3O8.2Na.2H/c12-5(9(18)22-11(20)7(14)4-16)1-2-8(17)21-10(19)6(13)3-15;;;;/h5-7,15-16H,1-4,12-14H2;;;;/t5-,6-,7-;;;;/m0..../s1. The summed E-state index contributed by atoms with van der Waals surface area (Å²) in [4.78, 5) is 44.9. The fourth-order valence-corrected chi connectivity index (χ4v) is 1.03. The Balaban J connectivity index is -0.00000220. The Morgan fingerprint density at radius 2 is 1.12 bits per heavy atom. The summed E-state index contributed by atoms with van der Waals surface area (Å²) in [5.41, 5.74) is 15.6. The zero-order valence-electron chi connectivity index (χ0n) is 11.6. The molecule has 0 aliphatic carbocycles. The number of carbonyl (C=O) groups excluding carboxylic acids is 4. The van der Waals surface area contributed by atoms with Crippen LogP contribution in [0.25, 0.3) is 0 Å². The Morgan fingerprint density at radius 1 is 0.750 bits per heavy atom. The van der Waals surface area contributed by atoms with Gasteiger partial charge in [0.15, 0.2) is 0 Å². The topological polar surface area (TPSA) is 205 Å². The van der Waals surface area contributed by atoms with Crippen molar-refractivity contribution in [3.05, 3.63) is 0 Å². The van der Waals surface area contributed by atoms with E-state index in [2.05, 4.69) is 9.47 Å². The van der Waals surface area contributed by atoms with E-state index in [-0.39, 0.29) is 65.5 Å². The minimum atomic E-state index is -1.38. The summed E-state index contributed by atoms with van der Waals surface area (Å²) in [7, 11) is 0. The molecule has 0 aliphatic heterocycles. The molecule has 0 unspecified atom stereocenters. The van der Waals surface area contributed by atoms with Crippen LogP contribution in [-0.2, 0) is 28.7 Å². The summed E-state index contributed by atoms with van der Waals surface area (Å²) in [6.07, 6.45) is -0.679. The molecule has 0 amide bonds. The van der Waals surface area contributed by atoms with Crippen molar-refractivity contribution in [2.45, 2.75) is 31.0 Å². The van der Waals surface area contributed by atoms with Gasteiger partial charge in [-0.15, -0.1) is 0 Å². The fraction of sp³-hybridized carbons (Fsp3) is 0.636. The Kier molecular flexibility index (Phi) is 18.5. The minimum absolute atomic E-state index is 0. The molecule has 0 saturated heterocycles. The van der Waals surface area contributed by atoms with Crippen LogP contribution in [0, 0.1) is 0 Å². The Labute approximate surface area is 182 Å². The summed E-state index contributed by atoms with van der Waals surface area (Å²) in [6, 6.07) is -4.05. The second-order valence-corrected chi connectivity index (χ2v) is 4.26. The first-order chi connectivity index (χ1) is 10.2. The van der Waals surface area contributed by atoms with Crippen LogP contribution in [-0.4, -0.2) is 125 Å². The van der Waals surface area contributed by atoms with Gasteiger partial charge in [-0.1, -0.05) is 0 Å². The second-order valence-electron chi connectivity index (χ2n) is 4.26. The maximum atomic E-state index is 11.4. The molecule has 0 aliphatic rings. The predicted octanol–water partition coefficient (Wildman–Crippen LogP) is -5.42. The van der Waals surface area contributed by atoms with Crippen molar-refractivity contribution >= 4 is 83.0 Å². The van der Waals surface area contributed by atoms with Crippen LogP contribution in [0.1, 0.15) is 12.8 Å². The first-order valence-electron chi connectivity index (χ1n) is 6.21. The number of esters is 4. The van der Waals surface area contributed by atoms with Crippen molar-refractivity contribution in [1.29, 1.82) is 0 Å². The summed E-state index contributed by atoms with van der Waals surface area (Å²) in [5, 5.41) is 17.2. The van der Waals surface area contributed by atoms with Crippen LogP contribution in [0.3, 0.4) is 0 Å². The van der Waals surface area contributed by atoms with Gasteiger partial charge in [0.1, 0.15) is 18.1 Å². The van der Waals surface area contributed by atoms with Gasteiger partial charge in [-0.25, -0.2) is 14.4 Å². The van der Waals surface area contributed by atoms with Gasteiger partial charge in [-0.2, -0.15) is 0 Å². The molecule has 0 spiro atoms.